The van der Waals surface area contributed by atoms with Crippen molar-refractivity contribution in [1.29, 1.82) is 0 Å². The van der Waals surface area contributed by atoms with Gasteiger partial charge in [0.2, 0.25) is 0 Å². The number of thioether (sulfide) groups is 1. The molecule has 0 saturated heterocycles. The van der Waals surface area contributed by atoms with E-state index in [1.54, 1.807) is 6.92 Å². The molecule has 4 N–H and O–H groups in total. The predicted molar refractivity (Wildman–Crippen MR) is 101 cm³/mol. The van der Waals surface area contributed by atoms with Gasteiger partial charge in [0, 0.05) is 17.4 Å². The third-order valence-electron chi connectivity index (χ3n) is 3.50. The van der Waals surface area contributed by atoms with Crippen LogP contribution in [0.3, 0.4) is 0 Å². The van der Waals surface area contributed by atoms with Gasteiger partial charge in [0.05, 0.1) is 6.61 Å². The van der Waals surface area contributed by atoms with Gasteiger partial charge in [-0.2, -0.15) is 5.10 Å². The highest BCUT2D eigenvalue weighted by molar-refractivity contribution is 7.99. The number of aromatic amines is 2. The van der Waals surface area contributed by atoms with Gasteiger partial charge in [-0.25, -0.2) is 18.7 Å². The first-order chi connectivity index (χ1) is 13.5. The summed E-state index contributed by atoms with van der Waals surface area (Å²) in [7, 11) is 0. The number of H-pyrrole nitrogens is 2. The van der Waals surface area contributed by atoms with E-state index in [1.165, 1.54) is 18.5 Å². The summed E-state index contributed by atoms with van der Waals surface area (Å²) in [5.41, 5.74) is -0.280. The van der Waals surface area contributed by atoms with Gasteiger partial charge >= 0.3 is 0 Å². The van der Waals surface area contributed by atoms with Gasteiger partial charge in [0.25, 0.3) is 5.56 Å². The van der Waals surface area contributed by atoms with Crippen molar-refractivity contribution in [2.45, 2.75) is 33.9 Å². The second-order valence-corrected chi connectivity index (χ2v) is 7.63. The maximum Gasteiger partial charge on any atom is 0.267 e. The quantitative estimate of drug-likeness (QED) is 0.320. The number of nitrogens with one attached hydrogen (secondary N) is 3. The molecule has 12 heteroatoms. The fourth-order valence-corrected chi connectivity index (χ4v) is 3.70. The van der Waals surface area contributed by atoms with Crippen LogP contribution in [-0.4, -0.2) is 42.9 Å². The van der Waals surface area contributed by atoms with Crippen molar-refractivity contribution in [3.8, 4) is 0 Å². The average Bonchev–Trinajstić information content (AvgIpc) is 3.19. The number of rotatable bonds is 8. The molecule has 0 radical (unpaired) electrons. The first-order valence-corrected chi connectivity index (χ1v) is 9.88. The number of halogens is 2. The molecule has 3 rings (SSSR count). The molecule has 0 aliphatic rings. The Hall–Kier alpha value is -2.44. The molecular formula is C16H16F2N6O2S2. The van der Waals surface area contributed by atoms with Gasteiger partial charge in [-0.15, -0.1) is 0 Å². The van der Waals surface area contributed by atoms with Crippen molar-refractivity contribution in [2.75, 3.05) is 11.9 Å². The molecular weight excluding hydrogens is 410 g/mol. The van der Waals surface area contributed by atoms with Gasteiger partial charge in [-0.1, -0.05) is 23.9 Å². The topological polar surface area (TPSA) is 120 Å². The van der Waals surface area contributed by atoms with E-state index in [2.05, 4.69) is 30.5 Å². The Labute approximate surface area is 166 Å². The Kier molecular flexibility index (Phi) is 6.65. The molecule has 148 valence electrons. The summed E-state index contributed by atoms with van der Waals surface area (Å²) < 4.78 is 27.2. The van der Waals surface area contributed by atoms with E-state index in [9.17, 15) is 18.7 Å². The summed E-state index contributed by atoms with van der Waals surface area (Å²) in [5.74, 6) is -1.54. The van der Waals surface area contributed by atoms with Crippen LogP contribution in [0.5, 0.6) is 0 Å². The SMILES string of the molecule is C[C@H](CO)Nc1nc(SCc2cccc(F)c2F)[nH]c(=O)c1Sc1ncn[nH]1. The van der Waals surface area contributed by atoms with E-state index < -0.39 is 17.2 Å². The first kappa shape index (κ1) is 20.3. The van der Waals surface area contributed by atoms with Gasteiger partial charge in [0.15, 0.2) is 21.9 Å². The second-order valence-electron chi connectivity index (χ2n) is 5.67. The maximum absolute atomic E-state index is 13.8. The van der Waals surface area contributed by atoms with Gasteiger partial charge in [0.1, 0.15) is 17.0 Å². The smallest absolute Gasteiger partial charge is 0.267 e. The Morgan fingerprint density at radius 1 is 1.32 bits per heavy atom. The van der Waals surface area contributed by atoms with E-state index in [4.69, 9.17) is 0 Å². The zero-order chi connectivity index (χ0) is 20.1. The highest BCUT2D eigenvalue weighted by Gasteiger charge is 2.17. The lowest BCUT2D eigenvalue weighted by Gasteiger charge is -2.15. The van der Waals surface area contributed by atoms with Crippen molar-refractivity contribution in [2.24, 2.45) is 0 Å². The molecule has 0 fully saturated rings. The number of aliphatic hydroxyl groups excluding tert-OH is 1. The summed E-state index contributed by atoms with van der Waals surface area (Å²) in [6.45, 7) is 1.55. The lowest BCUT2D eigenvalue weighted by molar-refractivity contribution is 0.281. The van der Waals surface area contributed by atoms with Crippen LogP contribution in [0.1, 0.15) is 12.5 Å². The lowest BCUT2D eigenvalue weighted by Crippen LogP contribution is -2.24. The molecule has 0 spiro atoms. The van der Waals surface area contributed by atoms with E-state index in [1.807, 2.05) is 0 Å². The van der Waals surface area contributed by atoms with Crippen LogP contribution in [0, 0.1) is 11.6 Å². The highest BCUT2D eigenvalue weighted by atomic mass is 32.2. The number of aliphatic hydroxyl groups is 1. The fraction of sp³-hybridized carbons (Fsp3) is 0.250. The second kappa shape index (κ2) is 9.17. The number of nitrogens with zero attached hydrogens (tertiary/aromatic N) is 3. The fourth-order valence-electron chi connectivity index (χ4n) is 2.13. The van der Waals surface area contributed by atoms with Crippen molar-refractivity contribution in [3.05, 3.63) is 52.1 Å². The van der Waals surface area contributed by atoms with Crippen LogP contribution in [0.4, 0.5) is 14.6 Å². The standard InChI is InChI=1S/C16H16F2N6O2S2/c1-8(5-25)21-13-12(28-15-19-7-20-24-15)14(26)23-16(22-13)27-6-9-3-2-4-10(17)11(9)18/h2-4,7-8,25H,5-6H2,1H3,(H,19,20,24)(H2,21,22,23,26)/t8-/m1/s1. The number of hydrogen-bond acceptors (Lipinski definition) is 8. The van der Waals surface area contributed by atoms with Gasteiger partial charge in [-0.05, 0) is 24.8 Å². The molecule has 0 amide bonds. The molecule has 0 saturated carbocycles. The minimum Gasteiger partial charge on any atom is -0.394 e. The monoisotopic (exact) mass is 426 g/mol. The third kappa shape index (κ3) is 4.88. The van der Waals surface area contributed by atoms with Crippen LogP contribution in [0.2, 0.25) is 0 Å². The molecule has 0 unspecified atom stereocenters. The van der Waals surface area contributed by atoms with Crippen molar-refractivity contribution in [1.82, 2.24) is 25.1 Å². The zero-order valence-electron chi connectivity index (χ0n) is 14.6. The first-order valence-electron chi connectivity index (χ1n) is 8.08. The molecule has 2 heterocycles. The van der Waals surface area contributed by atoms with Crippen LogP contribution >= 0.6 is 23.5 Å². The lowest BCUT2D eigenvalue weighted by atomic mass is 10.2. The average molecular weight is 426 g/mol. The zero-order valence-corrected chi connectivity index (χ0v) is 16.2. The van der Waals surface area contributed by atoms with Crippen LogP contribution < -0.4 is 10.9 Å². The number of hydrogen-bond donors (Lipinski definition) is 4. The minimum atomic E-state index is -0.933. The van der Waals surface area contributed by atoms with Crippen LogP contribution in [-0.2, 0) is 5.75 Å². The molecule has 28 heavy (non-hydrogen) atoms. The third-order valence-corrected chi connectivity index (χ3v) is 5.39. The number of benzene rings is 1. The number of aromatic nitrogens is 5. The van der Waals surface area contributed by atoms with E-state index in [0.29, 0.717) is 5.16 Å². The number of anilines is 1. The molecule has 2 aromatic heterocycles. The summed E-state index contributed by atoms with van der Waals surface area (Å²) in [5, 5.41) is 19.3. The molecule has 1 atom stereocenters. The molecule has 0 bridgehead atoms. The Morgan fingerprint density at radius 2 is 2.14 bits per heavy atom. The molecule has 0 aliphatic heterocycles. The summed E-state index contributed by atoms with van der Waals surface area (Å²) in [6.07, 6.45) is 1.31. The predicted octanol–water partition coefficient (Wildman–Crippen LogP) is 2.40. The van der Waals surface area contributed by atoms with E-state index in [0.717, 1.165) is 29.6 Å². The molecule has 8 nitrogen and oxygen atoms in total. The van der Waals surface area contributed by atoms with Gasteiger partial charge < -0.3 is 15.4 Å². The van der Waals surface area contributed by atoms with E-state index in [-0.39, 0.29) is 39.8 Å². The highest BCUT2D eigenvalue weighted by Crippen LogP contribution is 2.29. The van der Waals surface area contributed by atoms with Crippen molar-refractivity contribution in [3.63, 3.8) is 0 Å². The molecule has 0 aliphatic carbocycles. The Morgan fingerprint density at radius 3 is 2.86 bits per heavy atom. The molecule has 3 aromatic rings. The van der Waals surface area contributed by atoms with Crippen molar-refractivity contribution >= 4 is 29.3 Å². The summed E-state index contributed by atoms with van der Waals surface area (Å²) in [6, 6.07) is 3.56. The summed E-state index contributed by atoms with van der Waals surface area (Å²) in [4.78, 5) is 23.7. The van der Waals surface area contributed by atoms with E-state index >= 15 is 0 Å². The molecule has 1 aromatic carbocycles. The largest absolute Gasteiger partial charge is 0.394 e. The minimum absolute atomic E-state index is 0.0795. The maximum atomic E-state index is 13.8. The summed E-state index contributed by atoms with van der Waals surface area (Å²) >= 11 is 2.08. The Balaban J connectivity index is 1.87. The Bertz CT molecular complexity index is 999. The van der Waals surface area contributed by atoms with Gasteiger partial charge in [-0.3, -0.25) is 9.89 Å². The van der Waals surface area contributed by atoms with Crippen LogP contribution in [0.15, 0.2) is 44.5 Å². The van der Waals surface area contributed by atoms with Crippen molar-refractivity contribution < 1.29 is 13.9 Å². The van der Waals surface area contributed by atoms with Crippen LogP contribution in [0.25, 0.3) is 0 Å². The normalized spacial score (nSPS) is 12.1.